The molecule has 3 nitrogen and oxygen atoms in total. The van der Waals surface area contributed by atoms with Crippen LogP contribution >= 0.6 is 0 Å². The molecule has 0 amide bonds. The Morgan fingerprint density at radius 1 is 1.19 bits per heavy atom. The molecule has 1 aliphatic rings. The van der Waals surface area contributed by atoms with Gasteiger partial charge in [-0.1, -0.05) is 32.8 Å². The van der Waals surface area contributed by atoms with Crippen molar-refractivity contribution < 1.29 is 0 Å². The zero-order valence-electron chi connectivity index (χ0n) is 13.8. The lowest BCUT2D eigenvalue weighted by Crippen LogP contribution is -2.25. The molecule has 3 heteroatoms. The van der Waals surface area contributed by atoms with Crippen LogP contribution in [0.25, 0.3) is 0 Å². The van der Waals surface area contributed by atoms with E-state index in [0.717, 1.165) is 24.8 Å². The van der Waals surface area contributed by atoms with Gasteiger partial charge in [0, 0.05) is 25.8 Å². The number of hydrogen-bond donors (Lipinski definition) is 1. The van der Waals surface area contributed by atoms with Crippen molar-refractivity contribution >= 4 is 5.82 Å². The Bertz CT molecular complexity index is 388. The molecule has 1 saturated heterocycles. The quantitative estimate of drug-likeness (QED) is 0.769. The highest BCUT2D eigenvalue weighted by Crippen LogP contribution is 2.24. The molecule has 0 radical (unpaired) electrons. The van der Waals surface area contributed by atoms with Crippen molar-refractivity contribution in [3.05, 3.63) is 23.9 Å². The van der Waals surface area contributed by atoms with Gasteiger partial charge in [-0.15, -0.1) is 0 Å². The van der Waals surface area contributed by atoms with Gasteiger partial charge in [-0.05, 0) is 49.8 Å². The van der Waals surface area contributed by atoms with Crippen molar-refractivity contribution in [3.63, 3.8) is 0 Å². The van der Waals surface area contributed by atoms with Crippen LogP contribution in [0.2, 0.25) is 0 Å². The Labute approximate surface area is 130 Å². The van der Waals surface area contributed by atoms with Gasteiger partial charge in [0.2, 0.25) is 0 Å². The van der Waals surface area contributed by atoms with Crippen molar-refractivity contribution in [2.24, 2.45) is 5.92 Å². The van der Waals surface area contributed by atoms with E-state index in [-0.39, 0.29) is 0 Å². The molecule has 1 unspecified atom stereocenters. The maximum atomic E-state index is 4.68. The summed E-state index contributed by atoms with van der Waals surface area (Å²) in [6, 6.07) is 4.42. The Morgan fingerprint density at radius 3 is 2.81 bits per heavy atom. The van der Waals surface area contributed by atoms with E-state index in [1.807, 2.05) is 6.20 Å². The third-order valence-corrected chi connectivity index (χ3v) is 4.43. The van der Waals surface area contributed by atoms with Gasteiger partial charge in [-0.3, -0.25) is 0 Å². The molecule has 118 valence electrons. The summed E-state index contributed by atoms with van der Waals surface area (Å²) in [5, 5.41) is 3.43. The average Bonchev–Trinajstić information content (AvgIpc) is 2.74. The predicted molar refractivity (Wildman–Crippen MR) is 90.7 cm³/mol. The van der Waals surface area contributed by atoms with Crippen LogP contribution in [0.5, 0.6) is 0 Å². The molecule has 0 spiro atoms. The molecule has 0 saturated carbocycles. The monoisotopic (exact) mass is 289 g/mol. The summed E-state index contributed by atoms with van der Waals surface area (Å²) in [4.78, 5) is 7.15. The van der Waals surface area contributed by atoms with Crippen LogP contribution in [0.4, 0.5) is 5.82 Å². The first-order valence-electron chi connectivity index (χ1n) is 8.74. The van der Waals surface area contributed by atoms with Crippen molar-refractivity contribution in [1.29, 1.82) is 0 Å². The maximum absolute atomic E-state index is 4.68. The summed E-state index contributed by atoms with van der Waals surface area (Å²) in [5.74, 6) is 2.09. The third-order valence-electron chi connectivity index (χ3n) is 4.43. The summed E-state index contributed by atoms with van der Waals surface area (Å²) >= 11 is 0. The minimum atomic E-state index is 0.928. The SMILES string of the molecule is CCCNCc1ccc(N2CCCC(CCC)CC2)nc1. The van der Waals surface area contributed by atoms with Gasteiger partial charge in [0.1, 0.15) is 5.82 Å². The van der Waals surface area contributed by atoms with Crippen LogP contribution < -0.4 is 10.2 Å². The fourth-order valence-corrected chi connectivity index (χ4v) is 3.21. The Balaban J connectivity index is 1.86. The highest BCUT2D eigenvalue weighted by molar-refractivity contribution is 5.39. The zero-order chi connectivity index (χ0) is 14.9. The number of hydrogen-bond acceptors (Lipinski definition) is 3. The Morgan fingerprint density at radius 2 is 2.10 bits per heavy atom. The van der Waals surface area contributed by atoms with Crippen LogP contribution in [-0.4, -0.2) is 24.6 Å². The van der Waals surface area contributed by atoms with Gasteiger partial charge in [0.05, 0.1) is 0 Å². The van der Waals surface area contributed by atoms with E-state index < -0.39 is 0 Å². The molecule has 0 bridgehead atoms. The van der Waals surface area contributed by atoms with Crippen molar-refractivity contribution in [1.82, 2.24) is 10.3 Å². The molecule has 21 heavy (non-hydrogen) atoms. The van der Waals surface area contributed by atoms with Crippen LogP contribution in [0, 0.1) is 5.92 Å². The lowest BCUT2D eigenvalue weighted by atomic mass is 9.96. The number of aromatic nitrogens is 1. The molecular weight excluding hydrogens is 258 g/mol. The summed E-state index contributed by atoms with van der Waals surface area (Å²) in [6.07, 6.45) is 9.96. The fraction of sp³-hybridized carbons (Fsp3) is 0.722. The number of pyridine rings is 1. The van der Waals surface area contributed by atoms with Gasteiger partial charge in [0.25, 0.3) is 0 Å². The van der Waals surface area contributed by atoms with Crippen LogP contribution in [-0.2, 0) is 6.54 Å². The van der Waals surface area contributed by atoms with E-state index in [1.54, 1.807) is 0 Å². The average molecular weight is 289 g/mol. The highest BCUT2D eigenvalue weighted by atomic mass is 15.2. The zero-order valence-corrected chi connectivity index (χ0v) is 13.8. The maximum Gasteiger partial charge on any atom is 0.128 e. The summed E-state index contributed by atoms with van der Waals surface area (Å²) in [6.45, 7) is 8.84. The van der Waals surface area contributed by atoms with Crippen LogP contribution in [0.15, 0.2) is 18.3 Å². The van der Waals surface area contributed by atoms with Crippen molar-refractivity contribution in [2.75, 3.05) is 24.5 Å². The predicted octanol–water partition coefficient (Wildman–Crippen LogP) is 3.99. The first-order chi connectivity index (χ1) is 10.3. The standard InChI is InChI=1S/C18H31N3/c1-3-6-16-7-5-12-21(13-10-16)18-9-8-17(15-20-18)14-19-11-4-2/h8-9,15-16,19H,3-7,10-14H2,1-2H3. The normalized spacial score (nSPS) is 19.5. The van der Waals surface area contributed by atoms with Crippen molar-refractivity contribution in [3.8, 4) is 0 Å². The molecule has 1 fully saturated rings. The Kier molecular flexibility index (Phi) is 7.01. The van der Waals surface area contributed by atoms with E-state index in [1.165, 1.54) is 57.2 Å². The second-order valence-corrected chi connectivity index (χ2v) is 6.27. The molecule has 1 atom stereocenters. The van der Waals surface area contributed by atoms with Crippen molar-refractivity contribution in [2.45, 2.75) is 58.9 Å². The van der Waals surface area contributed by atoms with Crippen LogP contribution in [0.1, 0.15) is 57.9 Å². The van der Waals surface area contributed by atoms with E-state index >= 15 is 0 Å². The summed E-state index contributed by atoms with van der Waals surface area (Å²) in [5.41, 5.74) is 1.28. The number of rotatable bonds is 7. The van der Waals surface area contributed by atoms with E-state index in [2.05, 4.69) is 41.2 Å². The van der Waals surface area contributed by atoms with E-state index in [9.17, 15) is 0 Å². The minimum absolute atomic E-state index is 0.928. The topological polar surface area (TPSA) is 28.2 Å². The molecule has 0 aromatic carbocycles. The number of anilines is 1. The first-order valence-corrected chi connectivity index (χ1v) is 8.74. The van der Waals surface area contributed by atoms with Gasteiger partial charge in [0.15, 0.2) is 0 Å². The lowest BCUT2D eigenvalue weighted by Gasteiger charge is -2.22. The first kappa shape index (κ1) is 16.3. The van der Waals surface area contributed by atoms with Gasteiger partial charge in [-0.2, -0.15) is 0 Å². The summed E-state index contributed by atoms with van der Waals surface area (Å²) < 4.78 is 0. The fourth-order valence-electron chi connectivity index (χ4n) is 3.21. The molecule has 1 aliphatic heterocycles. The number of nitrogens with zero attached hydrogens (tertiary/aromatic N) is 2. The smallest absolute Gasteiger partial charge is 0.128 e. The number of nitrogens with one attached hydrogen (secondary N) is 1. The third kappa shape index (κ3) is 5.31. The molecule has 0 aliphatic carbocycles. The Hall–Kier alpha value is -1.09. The molecule has 1 N–H and O–H groups in total. The molecule has 1 aromatic rings. The van der Waals surface area contributed by atoms with Gasteiger partial charge in [-0.25, -0.2) is 4.98 Å². The van der Waals surface area contributed by atoms with Gasteiger partial charge < -0.3 is 10.2 Å². The molecule has 2 heterocycles. The van der Waals surface area contributed by atoms with E-state index in [4.69, 9.17) is 0 Å². The highest BCUT2D eigenvalue weighted by Gasteiger charge is 2.17. The largest absolute Gasteiger partial charge is 0.357 e. The second kappa shape index (κ2) is 9.04. The van der Waals surface area contributed by atoms with E-state index in [0.29, 0.717) is 0 Å². The second-order valence-electron chi connectivity index (χ2n) is 6.27. The lowest BCUT2D eigenvalue weighted by molar-refractivity contribution is 0.435. The van der Waals surface area contributed by atoms with Gasteiger partial charge >= 0.3 is 0 Å². The molecular formula is C18H31N3. The molecule has 1 aromatic heterocycles. The molecule has 2 rings (SSSR count). The summed E-state index contributed by atoms with van der Waals surface area (Å²) in [7, 11) is 0. The van der Waals surface area contributed by atoms with Crippen LogP contribution in [0.3, 0.4) is 0 Å². The minimum Gasteiger partial charge on any atom is -0.357 e.